The summed E-state index contributed by atoms with van der Waals surface area (Å²) in [5, 5.41) is 16.9. The van der Waals surface area contributed by atoms with Gasteiger partial charge in [0.1, 0.15) is 11.4 Å². The first kappa shape index (κ1) is 14.3. The van der Waals surface area contributed by atoms with Crippen LogP contribution in [0, 0.1) is 16.0 Å². The number of nitrogens with one attached hydrogen (secondary N) is 2. The van der Waals surface area contributed by atoms with Gasteiger partial charge >= 0.3 is 0 Å². The number of anilines is 1. The third-order valence-corrected chi connectivity index (χ3v) is 3.37. The highest BCUT2D eigenvalue weighted by atomic mass is 16.6. The fourth-order valence-corrected chi connectivity index (χ4v) is 2.21. The second-order valence-corrected chi connectivity index (χ2v) is 4.65. The quantitative estimate of drug-likeness (QED) is 0.644. The van der Waals surface area contributed by atoms with Crippen LogP contribution in [0.25, 0.3) is 0 Å². The zero-order chi connectivity index (χ0) is 14.5. The molecule has 1 heterocycles. The molecule has 0 saturated carbocycles. The molecular formula is C13H17N3O4. The van der Waals surface area contributed by atoms with Crippen molar-refractivity contribution in [2.75, 3.05) is 25.5 Å². The van der Waals surface area contributed by atoms with Crippen molar-refractivity contribution in [2.24, 2.45) is 5.92 Å². The van der Waals surface area contributed by atoms with Crippen LogP contribution in [-0.4, -0.2) is 31.0 Å². The Bertz CT molecular complexity index is 512. The van der Waals surface area contributed by atoms with E-state index in [2.05, 4.69) is 10.6 Å². The van der Waals surface area contributed by atoms with Gasteiger partial charge in [0.2, 0.25) is 5.91 Å². The second kappa shape index (κ2) is 6.33. The Balaban J connectivity index is 2.15. The van der Waals surface area contributed by atoms with Crippen molar-refractivity contribution in [2.45, 2.75) is 12.8 Å². The summed E-state index contributed by atoms with van der Waals surface area (Å²) in [6.45, 7) is 1.59. The summed E-state index contributed by atoms with van der Waals surface area (Å²) in [4.78, 5) is 22.6. The van der Waals surface area contributed by atoms with Gasteiger partial charge in [-0.05, 0) is 38.1 Å². The van der Waals surface area contributed by atoms with Gasteiger partial charge in [-0.3, -0.25) is 14.9 Å². The topological polar surface area (TPSA) is 93.5 Å². The summed E-state index contributed by atoms with van der Waals surface area (Å²) < 4.78 is 4.96. The zero-order valence-corrected chi connectivity index (χ0v) is 11.2. The molecule has 1 aliphatic heterocycles. The minimum Gasteiger partial charge on any atom is -0.496 e. The molecule has 1 fully saturated rings. The molecule has 2 N–H and O–H groups in total. The summed E-state index contributed by atoms with van der Waals surface area (Å²) >= 11 is 0. The fraction of sp³-hybridized carbons (Fsp3) is 0.462. The second-order valence-electron chi connectivity index (χ2n) is 4.65. The predicted octanol–water partition coefficient (Wildman–Crippen LogP) is 1.54. The fourth-order valence-electron chi connectivity index (χ4n) is 2.21. The van der Waals surface area contributed by atoms with E-state index >= 15 is 0 Å². The van der Waals surface area contributed by atoms with Crippen molar-refractivity contribution < 1.29 is 14.5 Å². The molecule has 1 amide bonds. The summed E-state index contributed by atoms with van der Waals surface area (Å²) in [5.74, 6) is 0.120. The van der Waals surface area contributed by atoms with E-state index in [9.17, 15) is 14.9 Å². The number of hydrogen-bond acceptors (Lipinski definition) is 5. The van der Waals surface area contributed by atoms with E-state index in [1.807, 2.05) is 0 Å². The van der Waals surface area contributed by atoms with E-state index < -0.39 is 4.92 Å². The number of rotatable bonds is 4. The van der Waals surface area contributed by atoms with Crippen molar-refractivity contribution in [3.63, 3.8) is 0 Å². The van der Waals surface area contributed by atoms with Crippen molar-refractivity contribution in [1.82, 2.24) is 5.32 Å². The van der Waals surface area contributed by atoms with Crippen LogP contribution in [-0.2, 0) is 4.79 Å². The molecular weight excluding hydrogens is 262 g/mol. The molecule has 7 nitrogen and oxygen atoms in total. The summed E-state index contributed by atoms with van der Waals surface area (Å²) in [5.41, 5.74) is 0.0472. The average molecular weight is 279 g/mol. The van der Waals surface area contributed by atoms with Crippen LogP contribution in [0.2, 0.25) is 0 Å². The SMILES string of the molecule is COc1ccc(NC(=O)C2CCNCC2)c([N+](=O)[O-])c1. The lowest BCUT2D eigenvalue weighted by Crippen LogP contribution is -2.34. The van der Waals surface area contributed by atoms with Crippen LogP contribution in [0.1, 0.15) is 12.8 Å². The van der Waals surface area contributed by atoms with Gasteiger partial charge in [0.15, 0.2) is 0 Å². The van der Waals surface area contributed by atoms with Gasteiger partial charge in [0.25, 0.3) is 5.69 Å². The maximum Gasteiger partial charge on any atom is 0.296 e. The minimum atomic E-state index is -0.527. The van der Waals surface area contributed by atoms with Crippen molar-refractivity contribution in [1.29, 1.82) is 0 Å². The third kappa shape index (κ3) is 3.24. The molecule has 20 heavy (non-hydrogen) atoms. The highest BCUT2D eigenvalue weighted by molar-refractivity contribution is 5.94. The molecule has 108 valence electrons. The molecule has 0 unspecified atom stereocenters. The zero-order valence-electron chi connectivity index (χ0n) is 11.2. The van der Waals surface area contributed by atoms with Crippen molar-refractivity contribution in [3.8, 4) is 5.75 Å². The van der Waals surface area contributed by atoms with E-state index in [1.165, 1.54) is 19.2 Å². The Hall–Kier alpha value is -2.15. The van der Waals surface area contributed by atoms with Crippen LogP contribution in [0.4, 0.5) is 11.4 Å². The lowest BCUT2D eigenvalue weighted by molar-refractivity contribution is -0.384. The van der Waals surface area contributed by atoms with Gasteiger partial charge < -0.3 is 15.4 Å². The number of ether oxygens (including phenoxy) is 1. The number of amides is 1. The minimum absolute atomic E-state index is 0.0991. The first-order valence-electron chi connectivity index (χ1n) is 6.46. The molecule has 0 aromatic heterocycles. The molecule has 1 aromatic rings. The standard InChI is InChI=1S/C13H17N3O4/c1-20-10-2-3-11(12(8-10)16(18)19)15-13(17)9-4-6-14-7-5-9/h2-3,8-9,14H,4-7H2,1H3,(H,15,17). The van der Waals surface area contributed by atoms with E-state index in [1.54, 1.807) is 6.07 Å². The van der Waals surface area contributed by atoms with Crippen LogP contribution in [0.3, 0.4) is 0 Å². The number of piperidine rings is 1. The summed E-state index contributed by atoms with van der Waals surface area (Å²) in [7, 11) is 1.44. The Morgan fingerprint density at radius 3 is 2.75 bits per heavy atom. The van der Waals surface area contributed by atoms with Crippen LogP contribution in [0.15, 0.2) is 18.2 Å². The number of hydrogen-bond donors (Lipinski definition) is 2. The maximum absolute atomic E-state index is 12.1. The third-order valence-electron chi connectivity index (χ3n) is 3.37. The van der Waals surface area contributed by atoms with Gasteiger partial charge in [0, 0.05) is 5.92 Å². The van der Waals surface area contributed by atoms with Gasteiger partial charge in [-0.25, -0.2) is 0 Å². The first-order chi connectivity index (χ1) is 9.61. The number of carbonyl (C=O) groups is 1. The van der Waals surface area contributed by atoms with Crippen LogP contribution >= 0.6 is 0 Å². The smallest absolute Gasteiger partial charge is 0.296 e. The lowest BCUT2D eigenvalue weighted by atomic mass is 9.97. The number of nitro groups is 1. The molecule has 0 aliphatic carbocycles. The predicted molar refractivity (Wildman–Crippen MR) is 73.9 cm³/mol. The molecule has 1 aliphatic rings. The molecule has 1 aromatic carbocycles. The molecule has 1 saturated heterocycles. The summed E-state index contributed by atoms with van der Waals surface area (Å²) in [6, 6.07) is 4.39. The van der Waals surface area contributed by atoms with E-state index in [4.69, 9.17) is 4.74 Å². The van der Waals surface area contributed by atoms with Crippen LogP contribution < -0.4 is 15.4 Å². The van der Waals surface area contributed by atoms with Gasteiger partial charge in [-0.2, -0.15) is 0 Å². The van der Waals surface area contributed by atoms with E-state index in [0.717, 1.165) is 25.9 Å². The average Bonchev–Trinajstić information content (AvgIpc) is 2.48. The number of benzene rings is 1. The number of nitro benzene ring substituents is 1. The number of carbonyl (C=O) groups excluding carboxylic acids is 1. The first-order valence-corrected chi connectivity index (χ1v) is 6.46. The monoisotopic (exact) mass is 279 g/mol. The van der Waals surface area contributed by atoms with Crippen LogP contribution in [0.5, 0.6) is 5.75 Å². The Morgan fingerprint density at radius 2 is 2.15 bits per heavy atom. The van der Waals surface area contributed by atoms with E-state index in [-0.39, 0.29) is 23.2 Å². The molecule has 0 bridgehead atoms. The number of methoxy groups -OCH3 is 1. The van der Waals surface area contributed by atoms with Gasteiger partial charge in [-0.1, -0.05) is 0 Å². The Labute approximate surface area is 116 Å². The Morgan fingerprint density at radius 1 is 1.45 bits per heavy atom. The van der Waals surface area contributed by atoms with Gasteiger partial charge in [0.05, 0.1) is 18.1 Å². The van der Waals surface area contributed by atoms with E-state index in [0.29, 0.717) is 5.75 Å². The van der Waals surface area contributed by atoms with Crippen molar-refractivity contribution >= 4 is 17.3 Å². The van der Waals surface area contributed by atoms with Crippen molar-refractivity contribution in [3.05, 3.63) is 28.3 Å². The Kier molecular flexibility index (Phi) is 4.52. The number of nitrogens with zero attached hydrogens (tertiary/aromatic N) is 1. The maximum atomic E-state index is 12.1. The summed E-state index contributed by atoms with van der Waals surface area (Å²) in [6.07, 6.45) is 1.49. The highest BCUT2D eigenvalue weighted by Crippen LogP contribution is 2.29. The molecule has 2 rings (SSSR count). The molecule has 0 atom stereocenters. The van der Waals surface area contributed by atoms with Gasteiger partial charge in [-0.15, -0.1) is 0 Å². The highest BCUT2D eigenvalue weighted by Gasteiger charge is 2.24. The molecule has 0 spiro atoms. The normalized spacial score (nSPS) is 15.7. The largest absolute Gasteiger partial charge is 0.496 e. The molecule has 0 radical (unpaired) electrons. The lowest BCUT2D eigenvalue weighted by Gasteiger charge is -2.21. The molecule has 7 heteroatoms.